The van der Waals surface area contributed by atoms with Crippen LogP contribution < -0.4 is 5.32 Å². The van der Waals surface area contributed by atoms with Crippen LogP contribution in [0.3, 0.4) is 0 Å². The lowest BCUT2D eigenvalue weighted by atomic mass is 10.1. The van der Waals surface area contributed by atoms with E-state index in [1.807, 2.05) is 19.2 Å². The fourth-order valence-corrected chi connectivity index (χ4v) is 3.21. The Morgan fingerprint density at radius 3 is 3.19 bits per heavy atom. The van der Waals surface area contributed by atoms with Crippen molar-refractivity contribution in [3.05, 3.63) is 22.8 Å². The molecule has 0 aromatic heterocycles. The fraction of sp³-hybridized carbons (Fsp3) is 0.455. The SMILES string of the molecule is CN1C2=C(SC1CCNC=O)C(=O)CC=C2. The van der Waals surface area contributed by atoms with Crippen molar-refractivity contribution < 1.29 is 9.59 Å². The first kappa shape index (κ1) is 11.3. The van der Waals surface area contributed by atoms with Gasteiger partial charge in [0.25, 0.3) is 0 Å². The van der Waals surface area contributed by atoms with Crippen molar-refractivity contribution in [3.63, 3.8) is 0 Å². The molecule has 0 aromatic carbocycles. The minimum atomic E-state index is 0.209. The molecule has 0 saturated carbocycles. The number of thioether (sulfide) groups is 1. The lowest BCUT2D eigenvalue weighted by Gasteiger charge is -2.22. The van der Waals surface area contributed by atoms with Crippen LogP contribution in [0.2, 0.25) is 0 Å². The zero-order valence-electron chi connectivity index (χ0n) is 9.10. The minimum absolute atomic E-state index is 0.209. The Morgan fingerprint density at radius 2 is 2.50 bits per heavy atom. The van der Waals surface area contributed by atoms with E-state index >= 15 is 0 Å². The summed E-state index contributed by atoms with van der Waals surface area (Å²) in [6.45, 7) is 0.643. The number of carbonyl (C=O) groups is 2. The van der Waals surface area contributed by atoms with Gasteiger partial charge in [0.2, 0.25) is 6.41 Å². The molecular weight excluding hydrogens is 224 g/mol. The smallest absolute Gasteiger partial charge is 0.207 e. The highest BCUT2D eigenvalue weighted by atomic mass is 32.2. The first-order valence-electron chi connectivity index (χ1n) is 5.24. The van der Waals surface area contributed by atoms with Crippen molar-refractivity contribution >= 4 is 24.0 Å². The quantitative estimate of drug-likeness (QED) is 0.583. The van der Waals surface area contributed by atoms with Crippen molar-refractivity contribution in [2.24, 2.45) is 0 Å². The fourth-order valence-electron chi connectivity index (χ4n) is 1.88. The van der Waals surface area contributed by atoms with E-state index in [0.29, 0.717) is 19.4 Å². The summed E-state index contributed by atoms with van der Waals surface area (Å²) in [7, 11) is 1.99. The molecule has 0 bridgehead atoms. The Labute approximate surface area is 98.8 Å². The summed E-state index contributed by atoms with van der Waals surface area (Å²) in [5.74, 6) is 0.209. The molecule has 2 aliphatic rings. The first-order chi connectivity index (χ1) is 7.74. The van der Waals surface area contributed by atoms with Crippen LogP contribution in [0.5, 0.6) is 0 Å². The number of ketones is 1. The zero-order chi connectivity index (χ0) is 11.5. The van der Waals surface area contributed by atoms with Crippen molar-refractivity contribution in [1.29, 1.82) is 0 Å². The number of Topliss-reactive ketones (excluding diaryl/α,β-unsaturated/α-hetero) is 1. The number of nitrogens with one attached hydrogen (secondary N) is 1. The van der Waals surface area contributed by atoms with Crippen LogP contribution in [0.1, 0.15) is 12.8 Å². The standard InChI is InChI=1S/C11H14N2O2S/c1-13-8-3-2-4-9(15)11(8)16-10(13)5-6-12-7-14/h2-3,7,10H,4-6H2,1H3,(H,12,14). The second-order valence-corrected chi connectivity index (χ2v) is 4.98. The van der Waals surface area contributed by atoms with Gasteiger partial charge in [-0.1, -0.05) is 17.8 Å². The van der Waals surface area contributed by atoms with Crippen molar-refractivity contribution in [1.82, 2.24) is 10.2 Å². The Morgan fingerprint density at radius 1 is 1.69 bits per heavy atom. The Hall–Kier alpha value is -1.23. The highest BCUT2D eigenvalue weighted by Gasteiger charge is 2.32. The van der Waals surface area contributed by atoms with Crippen LogP contribution >= 0.6 is 11.8 Å². The molecule has 1 amide bonds. The van der Waals surface area contributed by atoms with Crippen LogP contribution in [-0.4, -0.2) is 36.1 Å². The number of rotatable bonds is 4. The lowest BCUT2D eigenvalue weighted by Crippen LogP contribution is -2.27. The van der Waals surface area contributed by atoms with E-state index in [4.69, 9.17) is 0 Å². The van der Waals surface area contributed by atoms with Gasteiger partial charge in [-0.3, -0.25) is 9.59 Å². The second-order valence-electron chi connectivity index (χ2n) is 3.79. The number of amides is 1. The maximum Gasteiger partial charge on any atom is 0.207 e. The lowest BCUT2D eigenvalue weighted by molar-refractivity contribution is -0.114. The van der Waals surface area contributed by atoms with E-state index in [1.54, 1.807) is 11.8 Å². The third-order valence-corrected chi connectivity index (χ3v) is 4.25. The summed E-state index contributed by atoms with van der Waals surface area (Å²) in [6, 6.07) is 0. The van der Waals surface area contributed by atoms with Crippen LogP contribution in [0, 0.1) is 0 Å². The number of likely N-dealkylation sites (N-methyl/N-ethyl adjacent to an activating group) is 1. The second kappa shape index (κ2) is 4.74. The molecule has 86 valence electrons. The number of carbonyl (C=O) groups excluding carboxylic acids is 2. The van der Waals surface area contributed by atoms with E-state index in [-0.39, 0.29) is 11.2 Å². The van der Waals surface area contributed by atoms with Crippen LogP contribution in [-0.2, 0) is 9.59 Å². The summed E-state index contributed by atoms with van der Waals surface area (Å²) in [5.41, 5.74) is 1.03. The van der Waals surface area contributed by atoms with Gasteiger partial charge in [-0.15, -0.1) is 0 Å². The van der Waals surface area contributed by atoms with Crippen molar-refractivity contribution in [2.45, 2.75) is 18.2 Å². The topological polar surface area (TPSA) is 49.4 Å². The average molecular weight is 238 g/mol. The first-order valence-corrected chi connectivity index (χ1v) is 6.12. The minimum Gasteiger partial charge on any atom is -0.361 e. The average Bonchev–Trinajstić information content (AvgIpc) is 2.59. The molecule has 0 spiro atoms. The summed E-state index contributed by atoms with van der Waals surface area (Å²) < 4.78 is 0. The maximum absolute atomic E-state index is 11.7. The summed E-state index contributed by atoms with van der Waals surface area (Å²) in [6.07, 6.45) is 5.98. The van der Waals surface area contributed by atoms with E-state index in [1.165, 1.54) is 0 Å². The molecule has 0 radical (unpaired) electrons. The molecule has 5 heteroatoms. The normalized spacial score (nSPS) is 23.7. The largest absolute Gasteiger partial charge is 0.361 e. The van der Waals surface area contributed by atoms with Crippen LogP contribution in [0.25, 0.3) is 0 Å². The van der Waals surface area contributed by atoms with E-state index in [2.05, 4.69) is 10.2 Å². The molecule has 1 heterocycles. The Bertz CT molecular complexity index is 376. The van der Waals surface area contributed by atoms with Crippen molar-refractivity contribution in [3.8, 4) is 0 Å². The third-order valence-electron chi connectivity index (χ3n) is 2.75. The number of hydrogen-bond acceptors (Lipinski definition) is 4. The van der Waals surface area contributed by atoms with Gasteiger partial charge < -0.3 is 10.2 Å². The van der Waals surface area contributed by atoms with E-state index in [0.717, 1.165) is 17.0 Å². The van der Waals surface area contributed by atoms with Gasteiger partial charge in [-0.05, 0) is 12.5 Å². The number of allylic oxidation sites excluding steroid dienone is 3. The molecule has 4 nitrogen and oxygen atoms in total. The molecule has 0 aromatic rings. The molecule has 0 fully saturated rings. The van der Waals surface area contributed by atoms with Gasteiger partial charge in [0.1, 0.15) is 0 Å². The highest BCUT2D eigenvalue weighted by molar-refractivity contribution is 8.04. The zero-order valence-corrected chi connectivity index (χ0v) is 9.92. The molecule has 1 aliphatic carbocycles. The third kappa shape index (κ3) is 2.00. The number of hydrogen-bond donors (Lipinski definition) is 1. The van der Waals surface area contributed by atoms with Gasteiger partial charge in [0.05, 0.1) is 16.0 Å². The molecule has 1 aliphatic heterocycles. The van der Waals surface area contributed by atoms with Gasteiger partial charge in [0.15, 0.2) is 5.78 Å². The van der Waals surface area contributed by atoms with Gasteiger partial charge in [0, 0.05) is 20.0 Å². The summed E-state index contributed by atoms with van der Waals surface area (Å²) in [4.78, 5) is 24.8. The van der Waals surface area contributed by atoms with Gasteiger partial charge >= 0.3 is 0 Å². The molecule has 16 heavy (non-hydrogen) atoms. The van der Waals surface area contributed by atoms with E-state index in [9.17, 15) is 9.59 Å². The van der Waals surface area contributed by atoms with E-state index < -0.39 is 0 Å². The monoisotopic (exact) mass is 238 g/mol. The predicted molar refractivity (Wildman–Crippen MR) is 63.6 cm³/mol. The molecule has 0 saturated heterocycles. The Kier molecular flexibility index (Phi) is 3.33. The Balaban J connectivity index is 2.01. The molecular formula is C11H14N2O2S. The van der Waals surface area contributed by atoms with Crippen LogP contribution in [0.4, 0.5) is 0 Å². The molecule has 1 N–H and O–H groups in total. The van der Waals surface area contributed by atoms with Gasteiger partial charge in [-0.2, -0.15) is 0 Å². The van der Waals surface area contributed by atoms with Crippen LogP contribution in [0.15, 0.2) is 22.8 Å². The molecule has 1 atom stereocenters. The maximum atomic E-state index is 11.7. The molecule has 2 rings (SSSR count). The predicted octanol–water partition coefficient (Wildman–Crippen LogP) is 0.868. The highest BCUT2D eigenvalue weighted by Crippen LogP contribution is 2.41. The number of nitrogens with zero attached hydrogens (tertiary/aromatic N) is 1. The summed E-state index contributed by atoms with van der Waals surface area (Å²) >= 11 is 1.61. The van der Waals surface area contributed by atoms with Gasteiger partial charge in [-0.25, -0.2) is 0 Å². The molecule has 1 unspecified atom stereocenters. The summed E-state index contributed by atoms with van der Waals surface area (Å²) in [5, 5.41) is 2.90. The van der Waals surface area contributed by atoms with Crippen molar-refractivity contribution in [2.75, 3.05) is 13.6 Å².